The maximum Gasteiger partial charge on any atom is 0.226 e. The van der Waals surface area contributed by atoms with E-state index < -0.39 is 5.92 Å². The van der Waals surface area contributed by atoms with Crippen molar-refractivity contribution in [2.45, 2.75) is 19.4 Å². The molecule has 1 aliphatic rings. The number of amides is 2. The summed E-state index contributed by atoms with van der Waals surface area (Å²) >= 11 is 0. The van der Waals surface area contributed by atoms with Gasteiger partial charge in [0, 0.05) is 26.6 Å². The lowest BCUT2D eigenvalue weighted by molar-refractivity contribution is -0.129. The quantitative estimate of drug-likeness (QED) is 0.773. The minimum atomic E-state index is -0.452. The Morgan fingerprint density at radius 2 is 2.17 bits per heavy atom. The van der Waals surface area contributed by atoms with E-state index in [-0.39, 0.29) is 37.4 Å². The van der Waals surface area contributed by atoms with Gasteiger partial charge in [0.05, 0.1) is 25.2 Å². The van der Waals surface area contributed by atoms with Crippen LogP contribution < -0.4 is 5.32 Å². The average molecular weight is 320 g/mol. The minimum absolute atomic E-state index is 0.0422. The predicted molar refractivity (Wildman–Crippen MR) is 85.7 cm³/mol. The van der Waals surface area contributed by atoms with Crippen LogP contribution in [0.4, 0.5) is 0 Å². The van der Waals surface area contributed by atoms with Gasteiger partial charge in [-0.05, 0) is 18.1 Å². The lowest BCUT2D eigenvalue weighted by atomic mass is 9.90. The molecular weight excluding hydrogens is 296 g/mol. The van der Waals surface area contributed by atoms with E-state index in [9.17, 15) is 9.59 Å². The fraction of sp³-hybridized carbons (Fsp3) is 0.529. The first kappa shape index (κ1) is 17.4. The number of likely N-dealkylation sites (tertiary alicyclic amines) is 1. The summed E-state index contributed by atoms with van der Waals surface area (Å²) in [4.78, 5) is 26.6. The fourth-order valence-corrected chi connectivity index (χ4v) is 3.09. The van der Waals surface area contributed by atoms with Gasteiger partial charge in [0.2, 0.25) is 11.8 Å². The summed E-state index contributed by atoms with van der Waals surface area (Å²) in [5.41, 5.74) is 2.04. The molecule has 0 unspecified atom stereocenters. The number of aryl methyl sites for hydroxylation is 1. The van der Waals surface area contributed by atoms with Crippen molar-refractivity contribution in [3.8, 4) is 0 Å². The molecule has 0 radical (unpaired) electrons. The van der Waals surface area contributed by atoms with Crippen LogP contribution in [0.2, 0.25) is 0 Å². The van der Waals surface area contributed by atoms with Gasteiger partial charge in [-0.1, -0.05) is 24.3 Å². The molecule has 1 saturated heterocycles. The highest BCUT2D eigenvalue weighted by Gasteiger charge is 2.44. The van der Waals surface area contributed by atoms with Gasteiger partial charge in [0.25, 0.3) is 0 Å². The highest BCUT2D eigenvalue weighted by atomic mass is 16.5. The summed E-state index contributed by atoms with van der Waals surface area (Å²) in [5, 5.41) is 11.6. The number of benzene rings is 1. The summed E-state index contributed by atoms with van der Waals surface area (Å²) < 4.78 is 5.10. The number of hydrogen-bond acceptors (Lipinski definition) is 4. The molecule has 2 amide bonds. The molecule has 6 heteroatoms. The molecule has 1 fully saturated rings. The Morgan fingerprint density at radius 1 is 1.43 bits per heavy atom. The number of carbonyl (C=O) groups excluding carboxylic acids is 2. The first-order valence-electron chi connectivity index (χ1n) is 7.82. The van der Waals surface area contributed by atoms with E-state index >= 15 is 0 Å². The minimum Gasteiger partial charge on any atom is -0.395 e. The highest BCUT2D eigenvalue weighted by molar-refractivity contribution is 5.90. The van der Waals surface area contributed by atoms with Crippen LogP contribution in [0.3, 0.4) is 0 Å². The number of aliphatic hydroxyl groups is 1. The first-order valence-corrected chi connectivity index (χ1v) is 7.82. The van der Waals surface area contributed by atoms with E-state index in [4.69, 9.17) is 9.84 Å². The second-order valence-electron chi connectivity index (χ2n) is 5.71. The van der Waals surface area contributed by atoms with Crippen molar-refractivity contribution in [2.24, 2.45) is 5.92 Å². The Labute approximate surface area is 136 Å². The predicted octanol–water partition coefficient (Wildman–Crippen LogP) is 0.640. The van der Waals surface area contributed by atoms with Crippen molar-refractivity contribution in [1.29, 1.82) is 0 Å². The third-order valence-corrected chi connectivity index (χ3v) is 4.22. The van der Waals surface area contributed by atoms with Crippen molar-refractivity contribution in [2.75, 3.05) is 33.4 Å². The molecule has 2 atom stereocenters. The van der Waals surface area contributed by atoms with Crippen molar-refractivity contribution in [3.63, 3.8) is 0 Å². The van der Waals surface area contributed by atoms with Crippen LogP contribution in [0, 0.1) is 12.8 Å². The number of nitrogens with zero attached hydrogens (tertiary/aromatic N) is 1. The number of rotatable bonds is 7. The molecule has 1 aliphatic heterocycles. The van der Waals surface area contributed by atoms with Gasteiger partial charge in [-0.3, -0.25) is 9.59 Å². The average Bonchev–Trinajstić information content (AvgIpc) is 2.87. The second-order valence-corrected chi connectivity index (χ2v) is 5.71. The molecule has 1 aromatic carbocycles. The maximum absolute atomic E-state index is 12.4. The number of aliphatic hydroxyl groups excluding tert-OH is 1. The molecule has 1 aromatic rings. The van der Waals surface area contributed by atoms with E-state index in [1.165, 1.54) is 0 Å². The van der Waals surface area contributed by atoms with Crippen LogP contribution in [-0.4, -0.2) is 55.2 Å². The monoisotopic (exact) mass is 320 g/mol. The van der Waals surface area contributed by atoms with Crippen LogP contribution in [0.15, 0.2) is 24.3 Å². The summed E-state index contributed by atoms with van der Waals surface area (Å²) in [7, 11) is 1.59. The Morgan fingerprint density at radius 3 is 2.83 bits per heavy atom. The Hall–Kier alpha value is -1.92. The Kier molecular flexibility index (Phi) is 6.12. The molecule has 2 rings (SSSR count). The highest BCUT2D eigenvalue weighted by Crippen LogP contribution is 2.39. The van der Waals surface area contributed by atoms with Gasteiger partial charge < -0.3 is 20.1 Å². The number of hydrogen-bond donors (Lipinski definition) is 2. The molecular formula is C17H24N2O4. The number of carbonyl (C=O) groups is 2. The van der Waals surface area contributed by atoms with Crippen LogP contribution in [0.1, 0.15) is 23.6 Å². The Balaban J connectivity index is 2.32. The van der Waals surface area contributed by atoms with Gasteiger partial charge >= 0.3 is 0 Å². The molecule has 126 valence electrons. The van der Waals surface area contributed by atoms with Crippen molar-refractivity contribution < 1.29 is 19.4 Å². The van der Waals surface area contributed by atoms with E-state index in [2.05, 4.69) is 5.32 Å². The molecule has 1 heterocycles. The van der Waals surface area contributed by atoms with Crippen molar-refractivity contribution in [1.82, 2.24) is 10.2 Å². The number of nitrogens with one attached hydrogen (secondary N) is 1. The van der Waals surface area contributed by atoms with Gasteiger partial charge in [0.15, 0.2) is 0 Å². The molecule has 0 saturated carbocycles. The summed E-state index contributed by atoms with van der Waals surface area (Å²) in [6.45, 7) is 2.95. The van der Waals surface area contributed by atoms with E-state index in [1.807, 2.05) is 31.2 Å². The fourth-order valence-electron chi connectivity index (χ4n) is 3.09. The molecule has 0 aromatic heterocycles. The molecule has 2 N–H and O–H groups in total. The largest absolute Gasteiger partial charge is 0.395 e. The number of ether oxygens (including phenoxy) is 1. The van der Waals surface area contributed by atoms with Gasteiger partial charge in [0.1, 0.15) is 0 Å². The lowest BCUT2D eigenvalue weighted by Gasteiger charge is -2.29. The second kappa shape index (κ2) is 8.08. The van der Waals surface area contributed by atoms with Crippen LogP contribution in [0.5, 0.6) is 0 Å². The van der Waals surface area contributed by atoms with Crippen LogP contribution in [-0.2, 0) is 14.3 Å². The SMILES string of the molecule is COCCN1C(=O)C[C@@H](C(=O)NCCO)[C@@H]1c1ccccc1C. The van der Waals surface area contributed by atoms with E-state index in [0.29, 0.717) is 13.2 Å². The topological polar surface area (TPSA) is 78.9 Å². The molecule has 23 heavy (non-hydrogen) atoms. The normalized spacial score (nSPS) is 20.8. The van der Waals surface area contributed by atoms with E-state index in [1.54, 1.807) is 12.0 Å². The summed E-state index contributed by atoms with van der Waals surface area (Å²) in [6.07, 6.45) is 0.181. The third-order valence-electron chi connectivity index (χ3n) is 4.22. The van der Waals surface area contributed by atoms with Crippen molar-refractivity contribution in [3.05, 3.63) is 35.4 Å². The maximum atomic E-state index is 12.4. The smallest absolute Gasteiger partial charge is 0.226 e. The molecule has 0 spiro atoms. The Bertz CT molecular complexity index is 561. The molecule has 0 aliphatic carbocycles. The summed E-state index contributed by atoms with van der Waals surface area (Å²) in [6, 6.07) is 7.51. The first-order chi connectivity index (χ1) is 11.1. The molecule has 6 nitrogen and oxygen atoms in total. The zero-order chi connectivity index (χ0) is 16.8. The van der Waals surface area contributed by atoms with Crippen LogP contribution in [0.25, 0.3) is 0 Å². The van der Waals surface area contributed by atoms with Crippen molar-refractivity contribution >= 4 is 11.8 Å². The standard InChI is InChI=1S/C17H24N2O4/c1-12-5-3-4-6-13(12)16-14(17(22)18-7-9-20)11-15(21)19(16)8-10-23-2/h3-6,14,16,20H,7-11H2,1-2H3,(H,18,22)/t14-,16+/m1/s1. The molecule has 0 bridgehead atoms. The van der Waals surface area contributed by atoms with Gasteiger partial charge in [-0.2, -0.15) is 0 Å². The van der Waals surface area contributed by atoms with Gasteiger partial charge in [-0.15, -0.1) is 0 Å². The zero-order valence-corrected chi connectivity index (χ0v) is 13.6. The zero-order valence-electron chi connectivity index (χ0n) is 13.6. The summed E-state index contributed by atoms with van der Waals surface area (Å²) in [5.74, 6) is -0.688. The number of methoxy groups -OCH3 is 1. The lowest BCUT2D eigenvalue weighted by Crippen LogP contribution is -2.38. The van der Waals surface area contributed by atoms with Gasteiger partial charge in [-0.25, -0.2) is 0 Å². The third kappa shape index (κ3) is 3.89. The van der Waals surface area contributed by atoms with Crippen LogP contribution >= 0.6 is 0 Å². The van der Waals surface area contributed by atoms with E-state index in [0.717, 1.165) is 11.1 Å².